The fourth-order valence-corrected chi connectivity index (χ4v) is 3.10. The van der Waals surface area contributed by atoms with Crippen LogP contribution in [0.3, 0.4) is 0 Å². The molecule has 7 nitrogen and oxygen atoms in total. The van der Waals surface area contributed by atoms with Gasteiger partial charge in [-0.2, -0.15) is 10.2 Å². The molecule has 1 fully saturated rings. The molecular weight excluding hydrogens is 280 g/mol. The lowest BCUT2D eigenvalue weighted by Crippen LogP contribution is -2.33. The number of nitrogens with one attached hydrogen (secondary N) is 1. The van der Waals surface area contributed by atoms with E-state index in [1.54, 1.807) is 4.68 Å². The second-order valence-electron chi connectivity index (χ2n) is 5.92. The molecule has 1 amide bonds. The fraction of sp³-hybridized carbons (Fsp3) is 0.533. The predicted octanol–water partition coefficient (Wildman–Crippen LogP) is 1.24. The van der Waals surface area contributed by atoms with Crippen molar-refractivity contribution in [3.05, 3.63) is 29.7 Å². The Morgan fingerprint density at radius 2 is 2.27 bits per heavy atom. The van der Waals surface area contributed by atoms with E-state index in [4.69, 9.17) is 0 Å². The molecule has 0 aliphatic carbocycles. The zero-order chi connectivity index (χ0) is 15.7. The van der Waals surface area contributed by atoms with Gasteiger partial charge in [0.15, 0.2) is 0 Å². The van der Waals surface area contributed by atoms with Crippen LogP contribution in [0.2, 0.25) is 0 Å². The molecule has 2 aromatic rings. The maximum absolute atomic E-state index is 12.3. The number of aromatic nitrogens is 4. The van der Waals surface area contributed by atoms with Gasteiger partial charge in [-0.25, -0.2) is 0 Å². The van der Waals surface area contributed by atoms with Gasteiger partial charge in [0, 0.05) is 38.0 Å². The molecule has 1 atom stereocenters. The first kappa shape index (κ1) is 14.8. The van der Waals surface area contributed by atoms with Crippen LogP contribution in [0.1, 0.15) is 30.1 Å². The van der Waals surface area contributed by atoms with Crippen molar-refractivity contribution in [2.45, 2.75) is 25.8 Å². The molecule has 1 saturated heterocycles. The van der Waals surface area contributed by atoms with Crippen molar-refractivity contribution in [2.24, 2.45) is 14.1 Å². The molecule has 1 aliphatic heterocycles. The maximum Gasteiger partial charge on any atom is 0.239 e. The highest BCUT2D eigenvalue weighted by Crippen LogP contribution is 2.31. The summed E-state index contributed by atoms with van der Waals surface area (Å²) in [7, 11) is 3.75. The van der Waals surface area contributed by atoms with E-state index in [2.05, 4.69) is 20.4 Å². The zero-order valence-electron chi connectivity index (χ0n) is 13.3. The lowest BCUT2D eigenvalue weighted by atomic mass is 10.1. The summed E-state index contributed by atoms with van der Waals surface area (Å²) in [5.41, 5.74) is 2.08. The van der Waals surface area contributed by atoms with Crippen LogP contribution < -0.4 is 5.32 Å². The predicted molar refractivity (Wildman–Crippen MR) is 83.3 cm³/mol. The standard InChI is InChI=1S/C15H22N6O/c1-11-7-14(20(3)18-11)17-15(22)10-21-6-4-5-13(21)12-8-16-19(2)9-12/h7-9,13H,4-6,10H2,1-3H3,(H,17,22)/t13-/m0/s1. The van der Waals surface area contributed by atoms with Crippen molar-refractivity contribution >= 4 is 11.7 Å². The first-order valence-corrected chi connectivity index (χ1v) is 7.56. The Labute approximate surface area is 129 Å². The molecular formula is C15H22N6O. The third-order valence-electron chi connectivity index (χ3n) is 4.09. The van der Waals surface area contributed by atoms with Crippen LogP contribution in [-0.2, 0) is 18.9 Å². The first-order valence-electron chi connectivity index (χ1n) is 7.56. The number of hydrogen-bond acceptors (Lipinski definition) is 4. The molecule has 0 spiro atoms. The number of aryl methyl sites for hydroxylation is 3. The number of carbonyl (C=O) groups excluding carboxylic acids is 1. The van der Waals surface area contributed by atoms with Gasteiger partial charge in [0.1, 0.15) is 5.82 Å². The van der Waals surface area contributed by atoms with E-state index in [-0.39, 0.29) is 11.9 Å². The van der Waals surface area contributed by atoms with Crippen LogP contribution in [0.25, 0.3) is 0 Å². The summed E-state index contributed by atoms with van der Waals surface area (Å²) >= 11 is 0. The number of carbonyl (C=O) groups is 1. The topological polar surface area (TPSA) is 68.0 Å². The van der Waals surface area contributed by atoms with E-state index in [1.165, 1.54) is 5.56 Å². The van der Waals surface area contributed by atoms with Crippen molar-refractivity contribution < 1.29 is 4.79 Å². The Balaban J connectivity index is 1.64. The summed E-state index contributed by atoms with van der Waals surface area (Å²) in [5.74, 6) is 0.735. The van der Waals surface area contributed by atoms with Gasteiger partial charge >= 0.3 is 0 Å². The van der Waals surface area contributed by atoms with Gasteiger partial charge in [-0.3, -0.25) is 19.1 Å². The minimum absolute atomic E-state index is 0.00112. The highest BCUT2D eigenvalue weighted by molar-refractivity contribution is 5.91. The summed E-state index contributed by atoms with van der Waals surface area (Å²) in [5, 5.41) is 11.4. The van der Waals surface area contributed by atoms with E-state index >= 15 is 0 Å². The third kappa shape index (κ3) is 3.04. The van der Waals surface area contributed by atoms with Crippen molar-refractivity contribution in [1.82, 2.24) is 24.5 Å². The van der Waals surface area contributed by atoms with Gasteiger partial charge in [-0.15, -0.1) is 0 Å². The van der Waals surface area contributed by atoms with Crippen LogP contribution in [0.15, 0.2) is 18.5 Å². The largest absolute Gasteiger partial charge is 0.310 e. The van der Waals surface area contributed by atoms with Gasteiger partial charge in [-0.1, -0.05) is 0 Å². The third-order valence-corrected chi connectivity index (χ3v) is 4.09. The highest BCUT2D eigenvalue weighted by Gasteiger charge is 2.28. The van der Waals surface area contributed by atoms with E-state index < -0.39 is 0 Å². The zero-order valence-corrected chi connectivity index (χ0v) is 13.3. The SMILES string of the molecule is Cc1cc(NC(=O)CN2CCC[C@H]2c2cnn(C)c2)n(C)n1. The summed E-state index contributed by atoms with van der Waals surface area (Å²) in [6.45, 7) is 3.25. The molecule has 7 heteroatoms. The minimum atomic E-state index is -0.00112. The summed E-state index contributed by atoms with van der Waals surface area (Å²) < 4.78 is 3.50. The summed E-state index contributed by atoms with van der Waals surface area (Å²) in [6, 6.07) is 2.16. The van der Waals surface area contributed by atoms with Crippen molar-refractivity contribution in [2.75, 3.05) is 18.4 Å². The highest BCUT2D eigenvalue weighted by atomic mass is 16.2. The van der Waals surface area contributed by atoms with Crippen LogP contribution in [-0.4, -0.2) is 43.5 Å². The number of amides is 1. The molecule has 3 rings (SSSR count). The number of likely N-dealkylation sites (tertiary alicyclic amines) is 1. The van der Waals surface area contributed by atoms with Crippen LogP contribution >= 0.6 is 0 Å². The Morgan fingerprint density at radius 1 is 1.45 bits per heavy atom. The molecule has 0 bridgehead atoms. The number of anilines is 1. The fourth-order valence-electron chi connectivity index (χ4n) is 3.10. The molecule has 1 aliphatic rings. The molecule has 1 N–H and O–H groups in total. The average molecular weight is 302 g/mol. The van der Waals surface area contributed by atoms with Crippen molar-refractivity contribution in [3.63, 3.8) is 0 Å². The quantitative estimate of drug-likeness (QED) is 0.922. The van der Waals surface area contributed by atoms with Crippen LogP contribution in [0.5, 0.6) is 0 Å². The molecule has 2 aromatic heterocycles. The Hall–Kier alpha value is -2.15. The van der Waals surface area contributed by atoms with Crippen molar-refractivity contribution in [1.29, 1.82) is 0 Å². The lowest BCUT2D eigenvalue weighted by Gasteiger charge is -2.22. The van der Waals surface area contributed by atoms with Gasteiger partial charge in [-0.05, 0) is 26.3 Å². The maximum atomic E-state index is 12.3. The summed E-state index contributed by atoms with van der Waals surface area (Å²) in [4.78, 5) is 14.5. The lowest BCUT2D eigenvalue weighted by molar-refractivity contribution is -0.117. The monoisotopic (exact) mass is 302 g/mol. The van der Waals surface area contributed by atoms with Gasteiger partial charge in [0.05, 0.1) is 18.4 Å². The molecule has 22 heavy (non-hydrogen) atoms. The Morgan fingerprint density at radius 3 is 2.91 bits per heavy atom. The number of nitrogens with zero attached hydrogens (tertiary/aromatic N) is 5. The van der Waals surface area contributed by atoms with Gasteiger partial charge in [0.2, 0.25) is 5.91 Å². The second-order valence-corrected chi connectivity index (χ2v) is 5.92. The Bertz CT molecular complexity index is 673. The molecule has 0 saturated carbocycles. The van der Waals surface area contributed by atoms with Crippen LogP contribution in [0.4, 0.5) is 5.82 Å². The number of rotatable bonds is 4. The van der Waals surface area contributed by atoms with Gasteiger partial charge in [0.25, 0.3) is 0 Å². The van der Waals surface area contributed by atoms with E-state index in [0.29, 0.717) is 6.54 Å². The van der Waals surface area contributed by atoms with E-state index in [1.807, 2.05) is 44.2 Å². The molecule has 0 radical (unpaired) electrons. The normalized spacial score (nSPS) is 18.8. The molecule has 0 aromatic carbocycles. The van der Waals surface area contributed by atoms with E-state index in [9.17, 15) is 4.79 Å². The second kappa shape index (κ2) is 5.92. The molecule has 0 unspecified atom stereocenters. The van der Waals surface area contributed by atoms with Crippen LogP contribution in [0, 0.1) is 6.92 Å². The Kier molecular flexibility index (Phi) is 3.98. The van der Waals surface area contributed by atoms with E-state index in [0.717, 1.165) is 30.9 Å². The minimum Gasteiger partial charge on any atom is -0.310 e. The summed E-state index contributed by atoms with van der Waals surface area (Å²) in [6.07, 6.45) is 6.11. The first-order chi connectivity index (χ1) is 10.5. The average Bonchev–Trinajstić information content (AvgIpc) is 3.12. The van der Waals surface area contributed by atoms with Gasteiger partial charge < -0.3 is 5.32 Å². The molecule has 3 heterocycles. The smallest absolute Gasteiger partial charge is 0.239 e. The van der Waals surface area contributed by atoms with Crippen molar-refractivity contribution in [3.8, 4) is 0 Å². The number of hydrogen-bond donors (Lipinski definition) is 1. The molecule has 118 valence electrons.